The molecule has 4 aromatic rings. The number of aromatic nitrogens is 4. The van der Waals surface area contributed by atoms with Crippen molar-refractivity contribution in [1.29, 1.82) is 0 Å². The number of thiophene rings is 2. The number of carbonyl (C=O) groups is 8. The van der Waals surface area contributed by atoms with E-state index in [9.17, 15) is 53.1 Å². The Kier molecular flexibility index (Phi) is 25.8. The summed E-state index contributed by atoms with van der Waals surface area (Å²) in [5, 5.41) is 54.8. The van der Waals surface area contributed by atoms with Gasteiger partial charge in [0, 0.05) is 69.5 Å². The molecule has 0 aromatic carbocycles. The van der Waals surface area contributed by atoms with Gasteiger partial charge >= 0.3 is 31.2 Å². The maximum atomic E-state index is 14.4. The lowest BCUT2D eigenvalue weighted by Crippen LogP contribution is -2.56. The quantitative estimate of drug-likeness (QED) is 0.0340. The van der Waals surface area contributed by atoms with Gasteiger partial charge in [0.05, 0.1) is 48.0 Å². The zero-order chi connectivity index (χ0) is 74.8. The van der Waals surface area contributed by atoms with Crippen LogP contribution in [-0.2, 0) is 43.0 Å². The molecule has 4 saturated heterocycles. The number of carboxylic acid groups (broad SMARTS) is 1. The monoisotopic (exact) mass is 1540 g/mol. The number of carbonyl (C=O) groups excluding carboxylic acids is 7. The van der Waals surface area contributed by atoms with Crippen LogP contribution in [0.25, 0.3) is 11.1 Å². The Labute approximate surface area is 621 Å². The largest absolute Gasteiger partial charge is 0.489 e. The van der Waals surface area contributed by atoms with E-state index in [0.29, 0.717) is 47.6 Å². The van der Waals surface area contributed by atoms with Crippen molar-refractivity contribution in [3.8, 4) is 11.1 Å². The van der Waals surface area contributed by atoms with Crippen molar-refractivity contribution < 1.29 is 67.7 Å². The van der Waals surface area contributed by atoms with Gasteiger partial charge in [-0.1, -0.05) is 56.1 Å². The van der Waals surface area contributed by atoms with Gasteiger partial charge in [-0.3, -0.25) is 28.8 Å². The van der Waals surface area contributed by atoms with Gasteiger partial charge in [0.1, 0.15) is 50.9 Å². The van der Waals surface area contributed by atoms with Crippen LogP contribution < -0.4 is 47.6 Å². The van der Waals surface area contributed by atoms with Crippen molar-refractivity contribution in [2.24, 2.45) is 11.8 Å². The summed E-state index contributed by atoms with van der Waals surface area (Å²) in [6.07, 6.45) is 21.4. The number of aliphatic carboxylic acids is 1. The molecule has 6 fully saturated rings. The first-order chi connectivity index (χ1) is 49.5. The van der Waals surface area contributed by atoms with Gasteiger partial charge in [0.2, 0.25) is 23.6 Å². The second kappa shape index (κ2) is 34.1. The lowest BCUT2D eigenvalue weighted by Gasteiger charge is -2.30. The highest BCUT2D eigenvalue weighted by atomic mass is 79.9. The molecule has 4 aromatic heterocycles. The highest BCUT2D eigenvalue weighted by Crippen LogP contribution is 2.48. The van der Waals surface area contributed by atoms with Crippen LogP contribution in [0.15, 0.2) is 84.4 Å². The van der Waals surface area contributed by atoms with Crippen molar-refractivity contribution in [3.63, 3.8) is 0 Å². The average molecular weight is 1540 g/mol. The van der Waals surface area contributed by atoms with Crippen molar-refractivity contribution in [1.82, 2.24) is 50.6 Å². The first-order valence-corrected chi connectivity index (χ1v) is 39.0. The number of hydrogen-bond acceptors (Lipinski definition) is 21. The normalized spacial score (nSPS) is 27.3. The summed E-state index contributed by atoms with van der Waals surface area (Å²) in [6, 6.07) is -1.79. The smallest absolute Gasteiger partial charge is 0.479 e. The molecule has 6 amide bonds. The minimum atomic E-state index is -1.46. The first-order valence-electron chi connectivity index (χ1n) is 36.3. The van der Waals surface area contributed by atoms with Crippen molar-refractivity contribution in [2.45, 2.75) is 223 Å². The Hall–Kier alpha value is -7.94. The van der Waals surface area contributed by atoms with Gasteiger partial charge in [0.25, 0.3) is 11.1 Å². The number of anilines is 2. The molecule has 564 valence electrons. The Balaban J connectivity index is 0.000000201. The molecule has 7 N–H and O–H groups in total. The van der Waals surface area contributed by atoms with E-state index < -0.39 is 113 Å². The van der Waals surface area contributed by atoms with Gasteiger partial charge in [-0.05, 0) is 174 Å². The summed E-state index contributed by atoms with van der Waals surface area (Å²) in [4.78, 5) is 143. The first kappa shape index (κ1) is 78.6. The molecule has 0 bridgehead atoms. The van der Waals surface area contributed by atoms with Crippen LogP contribution in [0.2, 0.25) is 0 Å². The van der Waals surface area contributed by atoms with E-state index in [1.54, 1.807) is 77.7 Å². The number of rotatable bonds is 11. The maximum Gasteiger partial charge on any atom is 0.489 e. The number of ether oxygens (including phenoxy) is 3. The average Bonchev–Trinajstić information content (AvgIpc) is 1.54. The molecule has 10 atom stereocenters. The number of carboxylic acids is 1. The van der Waals surface area contributed by atoms with Crippen LogP contribution in [0.1, 0.15) is 176 Å². The van der Waals surface area contributed by atoms with Gasteiger partial charge in [-0.2, -0.15) is 32.9 Å². The predicted octanol–water partition coefficient (Wildman–Crippen LogP) is 7.11. The third-order valence-corrected chi connectivity index (χ3v) is 22.2. The number of nitrogens with one attached hydrogen (secondary N) is 4. The van der Waals surface area contributed by atoms with E-state index in [2.05, 4.69) is 57.2 Å². The van der Waals surface area contributed by atoms with Crippen LogP contribution in [0.5, 0.6) is 0 Å². The molecular formula is C72H98BBrN12O16S2. The fourth-order valence-electron chi connectivity index (χ4n) is 14.5. The zero-order valence-corrected chi connectivity index (χ0v) is 63.4. The van der Waals surface area contributed by atoms with E-state index in [4.69, 9.17) is 24.3 Å². The van der Waals surface area contributed by atoms with E-state index in [-0.39, 0.29) is 61.9 Å². The number of allylic oxidation sites excluding steroid dienone is 2. The lowest BCUT2D eigenvalue weighted by atomic mass is 9.83. The number of amides is 6. The Morgan fingerprint density at radius 1 is 0.644 bits per heavy atom. The standard InChI is InChI=1S/C35H46N6O7S.C33H47BrN6O7.C4H5BO2S/c1-34(2,3)48-33(47)37-25-12-8-6-4-5-7-11-23-18-35(23,32(45)46)38-29(42)26-17-24(20-40(26)30(25)43)41-31(44)28(22-13-16-49-21-22)27(19-36-41)39-14-9-10-15-39;1-5-46-30(44)33-18-21(33)13-9-7-6-8-10-14-23(36-31(45)47-32(2,3)4)28(42)39-20-22(17-24(39)27(41)37-33)40-29(43)26(34)25(19-35-40)38-15-11-12-16-38;6-5(7)4-1-2-8-3-4/h7,11,13,16,19,21,23-26H,4-6,8-10,12,14-15,17-18,20H2,1-3H3,(H,37,47)(H,38,42)(H,45,46);9,13,19,21-24H,5-8,10-12,14-18,20H2,1-4H3,(H,36,45)(H,37,41);1-3,6-7H/b11-7-;13-9-;/t23-,24-,25+,26+,35-;21-,22-,23+,24+,33-;/m11./s1. The van der Waals surface area contributed by atoms with Crippen molar-refractivity contribution in [3.05, 3.63) is 95.5 Å². The summed E-state index contributed by atoms with van der Waals surface area (Å²) < 4.78 is 19.4. The number of esters is 1. The molecule has 10 heterocycles. The van der Waals surface area contributed by atoms with E-state index in [1.165, 1.54) is 41.8 Å². The molecular weight excluding hydrogens is 1440 g/mol. The molecule has 2 saturated carbocycles. The summed E-state index contributed by atoms with van der Waals surface area (Å²) in [5.41, 5.74) is -1.57. The molecule has 2 aliphatic carbocycles. The summed E-state index contributed by atoms with van der Waals surface area (Å²) in [6.45, 7) is 15.6. The number of fused-ring (bicyclic) bond motifs is 4. The second-order valence-corrected chi connectivity index (χ2v) is 32.3. The zero-order valence-electron chi connectivity index (χ0n) is 60.2. The Morgan fingerprint density at radius 2 is 1.12 bits per heavy atom. The van der Waals surface area contributed by atoms with Crippen molar-refractivity contribution >= 4 is 110 Å². The molecule has 8 aliphatic rings. The number of halogens is 1. The van der Waals surface area contributed by atoms with Crippen LogP contribution >= 0.6 is 38.6 Å². The fraction of sp³-hybridized carbons (Fsp3) is 0.611. The van der Waals surface area contributed by atoms with Crippen LogP contribution in [0.3, 0.4) is 0 Å². The van der Waals surface area contributed by atoms with E-state index >= 15 is 0 Å². The Morgan fingerprint density at radius 3 is 1.58 bits per heavy atom. The van der Waals surface area contributed by atoms with Gasteiger partial charge < -0.3 is 70.2 Å². The minimum Gasteiger partial charge on any atom is -0.479 e. The van der Waals surface area contributed by atoms with Gasteiger partial charge in [0.15, 0.2) is 0 Å². The molecule has 0 spiro atoms. The molecule has 6 aliphatic heterocycles. The number of nitrogens with zero attached hydrogens (tertiary/aromatic N) is 8. The van der Waals surface area contributed by atoms with E-state index in [1.807, 2.05) is 41.1 Å². The SMILES string of the molecule is CC(C)(C)OC(=O)N[C@H]1CCCCC/C=C\[C@@H]2C[C@@]2(C(=O)O)NC(=O)[C@@H]2C[C@@H](n3ncc(N4CCCC4)c(-c4ccsc4)c3=O)CN2C1=O.CCOC(=O)[C@@]12C[C@H]1/C=C\CCCCC[C@H](NC(=O)OC(C)(C)C)C(=O)N1C[C@H](n3ncc(N4CCCC4)c(Br)c3=O)C[C@H]1C(=O)N2.OB(O)c1ccsc1. The lowest BCUT2D eigenvalue weighted by molar-refractivity contribution is -0.150. The predicted molar refractivity (Wildman–Crippen MR) is 396 cm³/mol. The summed E-state index contributed by atoms with van der Waals surface area (Å²) in [5.74, 6) is -4.30. The van der Waals surface area contributed by atoms with E-state index in [0.717, 1.165) is 107 Å². The third kappa shape index (κ3) is 19.0. The maximum absolute atomic E-state index is 14.4. The highest BCUT2D eigenvalue weighted by Gasteiger charge is 2.63. The minimum absolute atomic E-state index is 0.0154. The Bertz CT molecular complexity index is 3920. The highest BCUT2D eigenvalue weighted by molar-refractivity contribution is 9.10. The number of hydrogen-bond donors (Lipinski definition) is 7. The van der Waals surface area contributed by atoms with Gasteiger partial charge in [-0.15, -0.1) is 0 Å². The molecule has 28 nitrogen and oxygen atoms in total. The van der Waals surface area contributed by atoms with Crippen LogP contribution in [-0.4, -0.2) is 192 Å². The fourth-order valence-corrected chi connectivity index (χ4v) is 16.4. The molecule has 0 radical (unpaired) electrons. The summed E-state index contributed by atoms with van der Waals surface area (Å²) in [7, 11) is -1.30. The number of alkyl carbamates (subject to hydrolysis) is 2. The molecule has 12 rings (SSSR count). The molecule has 32 heteroatoms. The topological polar surface area (TPSA) is 356 Å². The molecule has 0 unspecified atom stereocenters. The van der Waals surface area contributed by atoms with Crippen LogP contribution in [0, 0.1) is 11.8 Å². The van der Waals surface area contributed by atoms with Crippen molar-refractivity contribution in [2.75, 3.05) is 55.7 Å². The third-order valence-electron chi connectivity index (χ3n) is 20.1. The summed E-state index contributed by atoms with van der Waals surface area (Å²) >= 11 is 6.43. The second-order valence-electron chi connectivity index (χ2n) is 30.0. The molecule has 104 heavy (non-hydrogen) atoms. The van der Waals surface area contributed by atoms with Gasteiger partial charge in [-0.25, -0.2) is 28.5 Å². The van der Waals surface area contributed by atoms with Crippen LogP contribution in [0.4, 0.5) is 21.0 Å².